The summed E-state index contributed by atoms with van der Waals surface area (Å²) in [6.45, 7) is 6.82. The highest BCUT2D eigenvalue weighted by atomic mass is 14.2. The largest absolute Gasteiger partial charge is 0.0655 e. The Balaban J connectivity index is 2.11. The maximum Gasteiger partial charge on any atom is -0.00550 e. The second-order valence-corrected chi connectivity index (χ2v) is 6.65. The van der Waals surface area contributed by atoms with Crippen LogP contribution in [0.15, 0.2) is 53.6 Å². The number of hydrogen-bond acceptors (Lipinski definition) is 0. The van der Waals surface area contributed by atoms with Gasteiger partial charge in [-0.05, 0) is 58.7 Å². The van der Waals surface area contributed by atoms with Crippen LogP contribution < -0.4 is 0 Å². The van der Waals surface area contributed by atoms with Crippen molar-refractivity contribution in [1.29, 1.82) is 0 Å². The molecule has 2 aromatic carbocycles. The summed E-state index contributed by atoms with van der Waals surface area (Å²) in [5.41, 5.74) is 7.69. The molecule has 0 saturated heterocycles. The molecule has 1 aliphatic rings. The van der Waals surface area contributed by atoms with Gasteiger partial charge in [-0.1, -0.05) is 81.7 Å². The van der Waals surface area contributed by atoms with Crippen molar-refractivity contribution in [3.8, 4) is 0 Å². The summed E-state index contributed by atoms with van der Waals surface area (Å²) < 4.78 is 0. The molecule has 0 amide bonds. The molecular weight excluding hydrogens is 276 g/mol. The zero-order valence-corrected chi connectivity index (χ0v) is 14.8. The fourth-order valence-corrected chi connectivity index (χ4v) is 3.90. The summed E-state index contributed by atoms with van der Waals surface area (Å²) in [4.78, 5) is 0. The Morgan fingerprint density at radius 2 is 1.57 bits per heavy atom. The van der Waals surface area contributed by atoms with Gasteiger partial charge in [0.15, 0.2) is 0 Å². The second kappa shape index (κ2) is 7.17. The summed E-state index contributed by atoms with van der Waals surface area (Å²) in [7, 11) is 0. The van der Waals surface area contributed by atoms with E-state index in [4.69, 9.17) is 0 Å². The lowest BCUT2D eigenvalue weighted by Crippen LogP contribution is -1.92. The molecule has 0 N–H and O–H groups in total. The second-order valence-electron chi connectivity index (χ2n) is 6.65. The van der Waals surface area contributed by atoms with Crippen molar-refractivity contribution in [2.75, 3.05) is 0 Å². The van der Waals surface area contributed by atoms with Gasteiger partial charge in [0.2, 0.25) is 0 Å². The van der Waals surface area contributed by atoms with Crippen LogP contribution in [-0.2, 0) is 6.42 Å². The first-order valence-corrected chi connectivity index (χ1v) is 9.20. The lowest BCUT2D eigenvalue weighted by atomic mass is 9.90. The third kappa shape index (κ3) is 3.13. The van der Waals surface area contributed by atoms with E-state index in [-0.39, 0.29) is 0 Å². The number of benzene rings is 2. The molecule has 0 heterocycles. The number of allylic oxidation sites excluding steroid dienone is 4. The minimum Gasteiger partial charge on any atom is -0.0655 e. The highest BCUT2D eigenvalue weighted by molar-refractivity contribution is 5.97. The molecule has 120 valence electrons. The first kappa shape index (κ1) is 16.1. The Morgan fingerprint density at radius 3 is 2.26 bits per heavy atom. The van der Waals surface area contributed by atoms with Crippen molar-refractivity contribution in [2.45, 2.75) is 59.3 Å². The van der Waals surface area contributed by atoms with Crippen molar-refractivity contribution in [3.63, 3.8) is 0 Å². The molecule has 3 rings (SSSR count). The van der Waals surface area contributed by atoms with Gasteiger partial charge in [0, 0.05) is 0 Å². The summed E-state index contributed by atoms with van der Waals surface area (Å²) >= 11 is 0. The molecule has 0 unspecified atom stereocenters. The van der Waals surface area contributed by atoms with Crippen LogP contribution in [0.4, 0.5) is 0 Å². The molecule has 0 saturated carbocycles. The average molecular weight is 304 g/mol. The molecule has 0 nitrogen and oxygen atoms in total. The van der Waals surface area contributed by atoms with Gasteiger partial charge < -0.3 is 0 Å². The topological polar surface area (TPSA) is 0 Å². The normalized spacial score (nSPS) is 14.7. The van der Waals surface area contributed by atoms with Crippen molar-refractivity contribution < 1.29 is 0 Å². The molecule has 0 radical (unpaired) electrons. The first-order valence-electron chi connectivity index (χ1n) is 9.20. The first-order chi connectivity index (χ1) is 11.3. The minimum absolute atomic E-state index is 1.10. The van der Waals surface area contributed by atoms with E-state index in [1.807, 2.05) is 0 Å². The highest BCUT2D eigenvalue weighted by Gasteiger charge is 2.18. The van der Waals surface area contributed by atoms with Gasteiger partial charge in [-0.25, -0.2) is 0 Å². The Kier molecular flexibility index (Phi) is 5.00. The summed E-state index contributed by atoms with van der Waals surface area (Å²) in [5.74, 6) is 0. The van der Waals surface area contributed by atoms with E-state index in [1.54, 1.807) is 16.7 Å². The predicted octanol–water partition coefficient (Wildman–Crippen LogP) is 7.09. The summed E-state index contributed by atoms with van der Waals surface area (Å²) in [6, 6.07) is 13.6. The van der Waals surface area contributed by atoms with E-state index < -0.39 is 0 Å². The van der Waals surface area contributed by atoms with E-state index in [1.165, 1.54) is 47.6 Å². The van der Waals surface area contributed by atoms with E-state index in [0.717, 1.165) is 12.8 Å². The van der Waals surface area contributed by atoms with Crippen LogP contribution in [-0.4, -0.2) is 0 Å². The maximum absolute atomic E-state index is 2.49. The molecule has 0 heteroatoms. The molecule has 0 aromatic heterocycles. The van der Waals surface area contributed by atoms with Crippen molar-refractivity contribution >= 4 is 16.3 Å². The molecule has 0 fully saturated rings. The Labute approximate surface area is 140 Å². The average Bonchev–Trinajstić information content (AvgIpc) is 2.97. The lowest BCUT2D eigenvalue weighted by molar-refractivity contribution is 0.888. The monoisotopic (exact) mass is 304 g/mol. The van der Waals surface area contributed by atoms with Gasteiger partial charge in [0.1, 0.15) is 0 Å². The van der Waals surface area contributed by atoms with Gasteiger partial charge in [-0.2, -0.15) is 0 Å². The molecule has 1 aliphatic carbocycles. The number of rotatable bonds is 6. The zero-order chi connectivity index (χ0) is 16.2. The van der Waals surface area contributed by atoms with Crippen LogP contribution >= 0.6 is 0 Å². The van der Waals surface area contributed by atoms with Gasteiger partial charge in [-0.15, -0.1) is 0 Å². The molecule has 0 aliphatic heterocycles. The lowest BCUT2D eigenvalue weighted by Gasteiger charge is -2.14. The van der Waals surface area contributed by atoms with Crippen LogP contribution in [0.25, 0.3) is 16.3 Å². The molecule has 0 bridgehead atoms. The van der Waals surface area contributed by atoms with Gasteiger partial charge in [0.05, 0.1) is 0 Å². The number of aryl methyl sites for hydroxylation is 1. The van der Waals surface area contributed by atoms with E-state index >= 15 is 0 Å². The highest BCUT2D eigenvalue weighted by Crippen LogP contribution is 2.40. The van der Waals surface area contributed by atoms with E-state index in [2.05, 4.69) is 63.2 Å². The zero-order valence-electron chi connectivity index (χ0n) is 14.8. The molecule has 2 aromatic rings. The number of fused-ring (bicyclic) bond motifs is 1. The van der Waals surface area contributed by atoms with Crippen LogP contribution in [0.1, 0.15) is 64.0 Å². The molecule has 0 atom stereocenters. The van der Waals surface area contributed by atoms with Crippen LogP contribution in [0, 0.1) is 0 Å². The predicted molar refractivity (Wildman–Crippen MR) is 103 cm³/mol. The molecular formula is C23H28. The van der Waals surface area contributed by atoms with E-state index in [9.17, 15) is 0 Å². The van der Waals surface area contributed by atoms with Crippen LogP contribution in [0.2, 0.25) is 0 Å². The smallest absolute Gasteiger partial charge is 0.00550 e. The van der Waals surface area contributed by atoms with Crippen LogP contribution in [0.5, 0.6) is 0 Å². The third-order valence-electron chi connectivity index (χ3n) is 4.98. The van der Waals surface area contributed by atoms with Crippen molar-refractivity contribution in [2.24, 2.45) is 0 Å². The van der Waals surface area contributed by atoms with Crippen molar-refractivity contribution in [1.82, 2.24) is 0 Å². The fourth-order valence-electron chi connectivity index (χ4n) is 3.90. The Bertz CT molecular complexity index is 759. The van der Waals surface area contributed by atoms with Crippen molar-refractivity contribution in [3.05, 3.63) is 64.7 Å². The van der Waals surface area contributed by atoms with Crippen LogP contribution in [0.3, 0.4) is 0 Å². The summed E-state index contributed by atoms with van der Waals surface area (Å²) in [5, 5.41) is 2.86. The standard InChI is InChI=1S/C23H28/c1-4-9-17-15-19(10-5-2)23(16-17)22-14-13-18(6-3)20-11-7-8-12-21(20)22/h7-8,11-15H,4-6,9-10,16H2,1-3H3. The Morgan fingerprint density at radius 1 is 0.826 bits per heavy atom. The fraction of sp³-hybridized carbons (Fsp3) is 0.391. The maximum atomic E-state index is 2.49. The molecule has 23 heavy (non-hydrogen) atoms. The Hall–Kier alpha value is -1.82. The molecule has 0 spiro atoms. The third-order valence-corrected chi connectivity index (χ3v) is 4.98. The minimum atomic E-state index is 1.10. The van der Waals surface area contributed by atoms with Gasteiger partial charge in [-0.3, -0.25) is 0 Å². The SMILES string of the molecule is CCCC1=CC(CCC)=C(c2ccc(CC)c3ccccc23)C1. The number of hydrogen-bond donors (Lipinski definition) is 0. The van der Waals surface area contributed by atoms with Gasteiger partial charge in [0.25, 0.3) is 0 Å². The summed E-state index contributed by atoms with van der Waals surface area (Å²) in [6.07, 6.45) is 9.65. The van der Waals surface area contributed by atoms with Gasteiger partial charge >= 0.3 is 0 Å². The van der Waals surface area contributed by atoms with E-state index in [0.29, 0.717) is 0 Å². The quantitative estimate of drug-likeness (QED) is 0.534.